The van der Waals surface area contributed by atoms with Crippen LogP contribution in [0.25, 0.3) is 0 Å². The van der Waals surface area contributed by atoms with Crippen molar-refractivity contribution in [1.29, 1.82) is 0 Å². The summed E-state index contributed by atoms with van der Waals surface area (Å²) in [5.41, 5.74) is -0.816. The van der Waals surface area contributed by atoms with Crippen LogP contribution in [0.1, 0.15) is 24.0 Å². The van der Waals surface area contributed by atoms with Crippen LogP contribution in [-0.4, -0.2) is 70.0 Å². The topological polar surface area (TPSA) is 99.2 Å². The Morgan fingerprint density at radius 3 is 2.46 bits per heavy atom. The van der Waals surface area contributed by atoms with Gasteiger partial charge in [0, 0.05) is 23.8 Å². The van der Waals surface area contributed by atoms with Gasteiger partial charge >= 0.3 is 6.18 Å². The van der Waals surface area contributed by atoms with Gasteiger partial charge in [-0.15, -0.1) is 0 Å². The van der Waals surface area contributed by atoms with Crippen molar-refractivity contribution in [1.82, 2.24) is 4.90 Å². The van der Waals surface area contributed by atoms with Gasteiger partial charge in [0.05, 0.1) is 29.5 Å². The van der Waals surface area contributed by atoms with Crippen LogP contribution in [0.4, 0.5) is 24.5 Å². The summed E-state index contributed by atoms with van der Waals surface area (Å²) < 4.78 is 70.6. The zero-order valence-electron chi connectivity index (χ0n) is 20.0. The molecule has 2 aromatic carbocycles. The van der Waals surface area contributed by atoms with Crippen molar-refractivity contribution >= 4 is 38.9 Å². The zero-order chi connectivity index (χ0) is 27.0. The van der Waals surface area contributed by atoms with Gasteiger partial charge in [-0.25, -0.2) is 8.42 Å². The van der Waals surface area contributed by atoms with Crippen molar-refractivity contribution in [2.24, 2.45) is 0 Å². The van der Waals surface area contributed by atoms with E-state index < -0.39 is 32.9 Å². The Hall–Kier alpha value is -2.54. The molecule has 202 valence electrons. The SMILES string of the molecule is CS(=O)(=O)Nc1ccc(OCCN2CCC3(CC2)C(=O)N(CCO)c2ccc(Cl)cc23)cc1C(F)(F)F. The highest BCUT2D eigenvalue weighted by Gasteiger charge is 2.51. The summed E-state index contributed by atoms with van der Waals surface area (Å²) in [5, 5.41) is 9.97. The number of ether oxygens (including phenoxy) is 1. The van der Waals surface area contributed by atoms with Gasteiger partial charge in [-0.3, -0.25) is 14.4 Å². The summed E-state index contributed by atoms with van der Waals surface area (Å²) in [6.45, 7) is 1.71. The molecule has 2 N–H and O–H groups in total. The van der Waals surface area contributed by atoms with Crippen LogP contribution >= 0.6 is 11.6 Å². The molecule has 2 aliphatic heterocycles. The first-order valence-corrected chi connectivity index (χ1v) is 13.9. The van der Waals surface area contributed by atoms with Crippen molar-refractivity contribution in [3.63, 3.8) is 0 Å². The molecule has 0 unspecified atom stereocenters. The second kappa shape index (κ2) is 10.3. The smallest absolute Gasteiger partial charge is 0.418 e. The number of amides is 1. The van der Waals surface area contributed by atoms with Gasteiger partial charge in [0.2, 0.25) is 15.9 Å². The molecule has 2 heterocycles. The third-order valence-electron chi connectivity index (χ3n) is 6.72. The molecule has 2 aromatic rings. The van der Waals surface area contributed by atoms with Crippen LogP contribution in [0.5, 0.6) is 5.75 Å². The summed E-state index contributed by atoms with van der Waals surface area (Å²) in [5.74, 6) is -0.0915. The van der Waals surface area contributed by atoms with E-state index in [9.17, 15) is 31.5 Å². The van der Waals surface area contributed by atoms with Gasteiger partial charge < -0.3 is 14.7 Å². The number of aliphatic hydroxyl groups excluding tert-OH is 1. The summed E-state index contributed by atoms with van der Waals surface area (Å²) in [6, 6.07) is 8.40. The third kappa shape index (κ3) is 5.82. The molecular weight excluding hydrogens is 535 g/mol. The second-order valence-corrected chi connectivity index (χ2v) is 11.4. The molecular formula is C24H27ClF3N3O5S. The summed E-state index contributed by atoms with van der Waals surface area (Å²) in [6.07, 6.45) is -2.93. The molecule has 4 rings (SSSR count). The lowest BCUT2D eigenvalue weighted by molar-refractivity contribution is -0.137. The minimum absolute atomic E-state index is 0.0333. The van der Waals surface area contributed by atoms with Crippen LogP contribution in [0.3, 0.4) is 0 Å². The van der Waals surface area contributed by atoms with Crippen LogP contribution < -0.4 is 14.4 Å². The van der Waals surface area contributed by atoms with Gasteiger partial charge in [0.15, 0.2) is 0 Å². The van der Waals surface area contributed by atoms with Crippen LogP contribution in [0, 0.1) is 0 Å². The Bertz CT molecular complexity index is 1280. The van der Waals surface area contributed by atoms with E-state index in [1.807, 2.05) is 10.8 Å². The Labute approximate surface area is 218 Å². The highest BCUT2D eigenvalue weighted by Crippen LogP contribution is 2.48. The summed E-state index contributed by atoms with van der Waals surface area (Å²) in [4.78, 5) is 17.0. The van der Waals surface area contributed by atoms with Gasteiger partial charge in [-0.05, 0) is 67.9 Å². The number of anilines is 2. The minimum Gasteiger partial charge on any atom is -0.492 e. The Balaban J connectivity index is 1.40. The van der Waals surface area contributed by atoms with E-state index in [1.165, 1.54) is 6.07 Å². The predicted octanol–water partition coefficient (Wildman–Crippen LogP) is 3.48. The lowest BCUT2D eigenvalue weighted by Gasteiger charge is -2.38. The van der Waals surface area contributed by atoms with E-state index in [2.05, 4.69) is 4.90 Å². The number of hydrogen-bond acceptors (Lipinski definition) is 6. The Kier molecular flexibility index (Phi) is 7.67. The molecule has 1 amide bonds. The summed E-state index contributed by atoms with van der Waals surface area (Å²) in [7, 11) is -3.89. The number of likely N-dealkylation sites (tertiary alicyclic amines) is 1. The van der Waals surface area contributed by atoms with Gasteiger partial charge in [-0.1, -0.05) is 11.6 Å². The number of fused-ring (bicyclic) bond motifs is 2. The monoisotopic (exact) mass is 561 g/mol. The van der Waals surface area contributed by atoms with Crippen LogP contribution in [0.2, 0.25) is 5.02 Å². The molecule has 0 aromatic heterocycles. The fourth-order valence-electron chi connectivity index (χ4n) is 5.00. The highest BCUT2D eigenvalue weighted by atomic mass is 35.5. The first-order valence-electron chi connectivity index (χ1n) is 11.6. The minimum atomic E-state index is -4.77. The number of alkyl halides is 3. The molecule has 8 nitrogen and oxygen atoms in total. The van der Waals surface area contributed by atoms with E-state index in [0.717, 1.165) is 29.6 Å². The number of halogens is 4. The van der Waals surface area contributed by atoms with Crippen LogP contribution in [0.15, 0.2) is 36.4 Å². The molecule has 0 bridgehead atoms. The maximum Gasteiger partial charge on any atom is 0.418 e. The number of sulfonamides is 1. The van der Waals surface area contributed by atoms with E-state index in [1.54, 1.807) is 17.0 Å². The molecule has 0 saturated carbocycles. The van der Waals surface area contributed by atoms with Gasteiger partial charge in [-0.2, -0.15) is 13.2 Å². The van der Waals surface area contributed by atoms with E-state index in [0.29, 0.717) is 37.5 Å². The maximum absolute atomic E-state index is 13.4. The zero-order valence-corrected chi connectivity index (χ0v) is 21.6. The Morgan fingerprint density at radius 1 is 1.14 bits per heavy atom. The number of carbonyl (C=O) groups excluding carboxylic acids is 1. The first kappa shape index (κ1) is 27.5. The van der Waals surface area contributed by atoms with Crippen LogP contribution in [-0.2, 0) is 26.4 Å². The van der Waals surface area contributed by atoms with Crippen molar-refractivity contribution in [2.45, 2.75) is 24.4 Å². The number of β-amino-alcohol motifs (C(OH)–C–C–N with tert-alkyl or cyclic N) is 1. The number of carbonyl (C=O) groups is 1. The highest BCUT2D eigenvalue weighted by molar-refractivity contribution is 7.92. The number of hydrogen-bond donors (Lipinski definition) is 2. The van der Waals surface area contributed by atoms with Crippen molar-refractivity contribution in [2.75, 3.05) is 55.3 Å². The number of rotatable bonds is 8. The number of piperidine rings is 1. The van der Waals surface area contributed by atoms with Gasteiger partial charge in [0.1, 0.15) is 12.4 Å². The van der Waals surface area contributed by atoms with Gasteiger partial charge in [0.25, 0.3) is 0 Å². The largest absolute Gasteiger partial charge is 0.492 e. The number of aliphatic hydroxyl groups is 1. The second-order valence-electron chi connectivity index (χ2n) is 9.19. The standard InChI is InChI=1S/C24H27ClF3N3O5S/c1-37(34,35)29-20-4-3-17(15-18(20)24(26,27)28)36-13-11-30-8-6-23(7-9-30)19-14-16(25)2-5-21(19)31(10-12-32)22(23)33/h2-5,14-15,29,32H,6-13H2,1H3. The quantitative estimate of drug-likeness (QED) is 0.512. The number of nitrogens with one attached hydrogen (secondary N) is 1. The summed E-state index contributed by atoms with van der Waals surface area (Å²) >= 11 is 6.22. The molecule has 2 aliphatic rings. The molecule has 0 aliphatic carbocycles. The molecule has 1 spiro atoms. The lowest BCUT2D eigenvalue weighted by atomic mass is 9.73. The number of benzene rings is 2. The molecule has 1 fully saturated rings. The molecule has 37 heavy (non-hydrogen) atoms. The van der Waals surface area contributed by atoms with E-state index in [-0.39, 0.29) is 31.4 Å². The lowest BCUT2D eigenvalue weighted by Crippen LogP contribution is -2.49. The molecule has 0 radical (unpaired) electrons. The fraction of sp³-hybridized carbons (Fsp3) is 0.458. The predicted molar refractivity (Wildman–Crippen MR) is 134 cm³/mol. The van der Waals surface area contributed by atoms with Crippen molar-refractivity contribution in [3.05, 3.63) is 52.5 Å². The molecule has 0 atom stereocenters. The average molecular weight is 562 g/mol. The molecule has 1 saturated heterocycles. The van der Waals surface area contributed by atoms with Crippen molar-refractivity contribution in [3.8, 4) is 5.75 Å². The number of nitrogens with zero attached hydrogens (tertiary/aromatic N) is 2. The Morgan fingerprint density at radius 2 is 1.84 bits per heavy atom. The first-order chi connectivity index (χ1) is 17.3. The maximum atomic E-state index is 13.4. The molecule has 13 heteroatoms. The third-order valence-corrected chi connectivity index (χ3v) is 7.55. The average Bonchev–Trinajstić information content (AvgIpc) is 3.02. The van der Waals surface area contributed by atoms with Crippen molar-refractivity contribution < 1.29 is 36.2 Å². The van der Waals surface area contributed by atoms with E-state index >= 15 is 0 Å². The van der Waals surface area contributed by atoms with E-state index in [4.69, 9.17) is 16.3 Å². The fourth-order valence-corrected chi connectivity index (χ4v) is 5.75. The normalized spacial score (nSPS) is 17.8.